The molecule has 0 aliphatic heterocycles. The monoisotopic (exact) mass is 273 g/mol. The summed E-state index contributed by atoms with van der Waals surface area (Å²) in [4.78, 5) is 10.4. The number of rotatable bonds is 4. The van der Waals surface area contributed by atoms with Crippen molar-refractivity contribution in [3.8, 4) is 11.3 Å². The smallest absolute Gasteiger partial charge is 0.0948 e. The van der Waals surface area contributed by atoms with Crippen molar-refractivity contribution >= 4 is 11.3 Å². The predicted octanol–water partition coefficient (Wildman–Crippen LogP) is 3.36. The fourth-order valence-electron chi connectivity index (χ4n) is 2.79. The fraction of sp³-hybridized carbons (Fsp3) is 0.467. The highest BCUT2D eigenvalue weighted by Crippen LogP contribution is 2.42. The van der Waals surface area contributed by atoms with Gasteiger partial charge in [-0.15, -0.1) is 11.3 Å². The van der Waals surface area contributed by atoms with Crippen molar-refractivity contribution in [2.75, 3.05) is 6.54 Å². The summed E-state index contributed by atoms with van der Waals surface area (Å²) >= 11 is 1.86. The van der Waals surface area contributed by atoms with E-state index in [1.54, 1.807) is 0 Å². The van der Waals surface area contributed by atoms with Crippen molar-refractivity contribution in [3.63, 3.8) is 0 Å². The van der Waals surface area contributed by atoms with Crippen molar-refractivity contribution in [2.24, 2.45) is 5.73 Å². The van der Waals surface area contributed by atoms with Gasteiger partial charge in [0.05, 0.1) is 10.7 Å². The molecule has 3 nitrogen and oxygen atoms in total. The van der Waals surface area contributed by atoms with Crippen LogP contribution in [0.1, 0.15) is 41.5 Å². The number of nitrogens with two attached hydrogens (primary N) is 1. The zero-order chi connectivity index (χ0) is 13.1. The zero-order valence-corrected chi connectivity index (χ0v) is 11.8. The van der Waals surface area contributed by atoms with Crippen molar-refractivity contribution < 1.29 is 0 Å². The van der Waals surface area contributed by atoms with Gasteiger partial charge in [0.2, 0.25) is 0 Å². The molecule has 19 heavy (non-hydrogen) atoms. The van der Waals surface area contributed by atoms with Crippen LogP contribution in [-0.4, -0.2) is 16.5 Å². The Morgan fingerprint density at radius 1 is 1.21 bits per heavy atom. The van der Waals surface area contributed by atoms with Gasteiger partial charge in [0.1, 0.15) is 0 Å². The van der Waals surface area contributed by atoms with Crippen LogP contribution in [-0.2, 0) is 6.42 Å². The van der Waals surface area contributed by atoms with Crippen LogP contribution in [0.4, 0.5) is 0 Å². The number of hydrogen-bond acceptors (Lipinski definition) is 4. The lowest BCUT2D eigenvalue weighted by Crippen LogP contribution is -2.01. The molecule has 2 N–H and O–H groups in total. The summed E-state index contributed by atoms with van der Waals surface area (Å²) in [5.41, 5.74) is 8.03. The highest BCUT2D eigenvalue weighted by Gasteiger charge is 2.24. The second-order valence-electron chi connectivity index (χ2n) is 5.08. The first-order chi connectivity index (χ1) is 9.38. The molecule has 0 unspecified atom stereocenters. The molecule has 2 aromatic heterocycles. The minimum atomic E-state index is 0.674. The molecular weight excluding hydrogens is 254 g/mol. The van der Waals surface area contributed by atoms with Crippen LogP contribution >= 0.6 is 11.3 Å². The summed E-state index contributed by atoms with van der Waals surface area (Å²) in [5.74, 6) is 0.701. The van der Waals surface area contributed by atoms with Gasteiger partial charge in [-0.1, -0.05) is 12.8 Å². The molecule has 0 atom stereocenters. The van der Waals surface area contributed by atoms with Crippen LogP contribution in [0, 0.1) is 0 Å². The summed E-state index contributed by atoms with van der Waals surface area (Å²) in [6.07, 6.45) is 9.89. The normalized spacial score (nSPS) is 16.1. The summed E-state index contributed by atoms with van der Waals surface area (Å²) in [6.45, 7) is 0.674. The second kappa shape index (κ2) is 5.80. The van der Waals surface area contributed by atoms with Crippen molar-refractivity contribution in [1.82, 2.24) is 9.97 Å². The highest BCUT2D eigenvalue weighted by molar-refractivity contribution is 7.12. The van der Waals surface area contributed by atoms with E-state index in [0.29, 0.717) is 12.5 Å². The molecule has 100 valence electrons. The lowest BCUT2D eigenvalue weighted by Gasteiger charge is -2.08. The molecule has 0 spiro atoms. The van der Waals surface area contributed by atoms with E-state index >= 15 is 0 Å². The zero-order valence-electron chi connectivity index (χ0n) is 11.0. The molecule has 2 aromatic rings. The molecule has 1 saturated carbocycles. The van der Waals surface area contributed by atoms with Crippen LogP contribution in [0.5, 0.6) is 0 Å². The van der Waals surface area contributed by atoms with E-state index in [1.165, 1.54) is 46.8 Å². The highest BCUT2D eigenvalue weighted by atomic mass is 32.1. The summed E-state index contributed by atoms with van der Waals surface area (Å²) < 4.78 is 0. The topological polar surface area (TPSA) is 51.8 Å². The molecule has 0 saturated heterocycles. The average Bonchev–Trinajstić information content (AvgIpc) is 3.08. The molecule has 0 aromatic carbocycles. The second-order valence-corrected chi connectivity index (χ2v) is 6.19. The van der Waals surface area contributed by atoms with Crippen LogP contribution in [0.2, 0.25) is 0 Å². The van der Waals surface area contributed by atoms with Crippen molar-refractivity contribution in [3.05, 3.63) is 34.4 Å². The number of hydrogen-bond donors (Lipinski definition) is 1. The Balaban J connectivity index is 2.00. The molecule has 1 aliphatic rings. The quantitative estimate of drug-likeness (QED) is 0.929. The predicted molar refractivity (Wildman–Crippen MR) is 79.3 cm³/mol. The average molecular weight is 273 g/mol. The maximum atomic E-state index is 5.67. The van der Waals surface area contributed by atoms with Gasteiger partial charge in [0, 0.05) is 29.3 Å². The van der Waals surface area contributed by atoms with E-state index in [0.717, 1.165) is 6.42 Å². The molecule has 1 aliphatic carbocycles. The Kier molecular flexibility index (Phi) is 3.89. The Labute approximate surface area is 117 Å². The van der Waals surface area contributed by atoms with Gasteiger partial charge >= 0.3 is 0 Å². The Morgan fingerprint density at radius 2 is 1.95 bits per heavy atom. The lowest BCUT2D eigenvalue weighted by atomic mass is 10.0. The first-order valence-electron chi connectivity index (χ1n) is 6.98. The Bertz CT molecular complexity index is 530. The van der Waals surface area contributed by atoms with Gasteiger partial charge < -0.3 is 5.73 Å². The van der Waals surface area contributed by atoms with E-state index in [1.807, 2.05) is 23.7 Å². The van der Waals surface area contributed by atoms with Gasteiger partial charge in [0.15, 0.2) is 0 Å². The van der Waals surface area contributed by atoms with Gasteiger partial charge in [-0.3, -0.25) is 4.98 Å². The van der Waals surface area contributed by atoms with Gasteiger partial charge in [-0.2, -0.15) is 0 Å². The first kappa shape index (κ1) is 12.8. The largest absolute Gasteiger partial charge is 0.330 e. The number of pyridine rings is 1. The molecule has 4 heteroatoms. The molecule has 0 amide bonds. The summed E-state index contributed by atoms with van der Waals surface area (Å²) in [6, 6.07) is 4.11. The van der Waals surface area contributed by atoms with E-state index in [-0.39, 0.29) is 0 Å². The number of nitrogens with zero attached hydrogens (tertiary/aromatic N) is 2. The number of aromatic nitrogens is 2. The maximum Gasteiger partial charge on any atom is 0.0948 e. The molecular formula is C15H19N3S. The van der Waals surface area contributed by atoms with Gasteiger partial charge in [-0.25, -0.2) is 4.98 Å². The fourth-order valence-corrected chi connectivity index (χ4v) is 4.06. The molecule has 3 rings (SSSR count). The van der Waals surface area contributed by atoms with Crippen LogP contribution in [0.3, 0.4) is 0 Å². The number of thiazole rings is 1. The van der Waals surface area contributed by atoms with Crippen LogP contribution in [0.25, 0.3) is 11.3 Å². The van der Waals surface area contributed by atoms with Crippen molar-refractivity contribution in [1.29, 1.82) is 0 Å². The molecule has 0 radical (unpaired) electrons. The third-order valence-corrected chi connectivity index (χ3v) is 5.01. The molecule has 1 fully saturated rings. The molecule has 2 heterocycles. The minimum Gasteiger partial charge on any atom is -0.330 e. The van der Waals surface area contributed by atoms with E-state index in [9.17, 15) is 0 Å². The van der Waals surface area contributed by atoms with E-state index < -0.39 is 0 Å². The van der Waals surface area contributed by atoms with Gasteiger partial charge in [-0.05, 0) is 37.4 Å². The first-order valence-corrected chi connectivity index (χ1v) is 7.80. The van der Waals surface area contributed by atoms with Crippen molar-refractivity contribution in [2.45, 2.75) is 38.0 Å². The standard InChI is InChI=1S/C15H19N3S/c16-8-5-13-18-14(11-6-9-17-10-7-11)15(19-13)12-3-1-2-4-12/h6-7,9-10,12H,1-5,8,16H2. The third-order valence-electron chi connectivity index (χ3n) is 3.74. The summed E-state index contributed by atoms with van der Waals surface area (Å²) in [5, 5.41) is 1.18. The van der Waals surface area contributed by atoms with E-state index in [4.69, 9.17) is 10.7 Å². The van der Waals surface area contributed by atoms with E-state index in [2.05, 4.69) is 17.1 Å². The summed E-state index contributed by atoms with van der Waals surface area (Å²) in [7, 11) is 0. The van der Waals surface area contributed by atoms with Crippen LogP contribution in [0.15, 0.2) is 24.5 Å². The van der Waals surface area contributed by atoms with Crippen LogP contribution < -0.4 is 5.73 Å². The maximum absolute atomic E-state index is 5.67. The minimum absolute atomic E-state index is 0.674. The van der Waals surface area contributed by atoms with Gasteiger partial charge in [0.25, 0.3) is 0 Å². The molecule has 0 bridgehead atoms. The Hall–Kier alpha value is -1.26. The Morgan fingerprint density at radius 3 is 2.63 bits per heavy atom. The third kappa shape index (κ3) is 2.69. The SMILES string of the molecule is NCCc1nc(-c2ccncc2)c(C2CCCC2)s1. The lowest BCUT2D eigenvalue weighted by molar-refractivity contribution is 0.738.